The van der Waals surface area contributed by atoms with Gasteiger partial charge >= 0.3 is 5.97 Å². The van der Waals surface area contributed by atoms with Gasteiger partial charge in [0, 0.05) is 13.5 Å². The second-order valence-electron chi connectivity index (χ2n) is 8.52. The Morgan fingerprint density at radius 2 is 1.03 bits per heavy atom. The van der Waals surface area contributed by atoms with Crippen molar-refractivity contribution in [3.8, 4) is 0 Å². The molecule has 0 bridgehead atoms. The molecule has 0 atom stereocenters. The molecule has 0 spiro atoms. The molecular formula is C25H49NO3. The maximum Gasteiger partial charge on any atom is 0.325 e. The summed E-state index contributed by atoms with van der Waals surface area (Å²) in [6.45, 7) is 4.88. The second kappa shape index (κ2) is 21.6. The maximum absolute atomic E-state index is 11.8. The van der Waals surface area contributed by atoms with Crippen LogP contribution in [-0.4, -0.2) is 37.0 Å². The number of ether oxygens (including phenoxy) is 1. The summed E-state index contributed by atoms with van der Waals surface area (Å²) in [5, 5.41) is 0. The summed E-state index contributed by atoms with van der Waals surface area (Å²) in [7, 11) is 1.67. The fourth-order valence-electron chi connectivity index (χ4n) is 3.51. The fraction of sp³-hybridized carbons (Fsp3) is 0.920. The predicted molar refractivity (Wildman–Crippen MR) is 123 cm³/mol. The highest BCUT2D eigenvalue weighted by Crippen LogP contribution is 2.13. The summed E-state index contributed by atoms with van der Waals surface area (Å²) in [6, 6.07) is 0. The van der Waals surface area contributed by atoms with Crippen molar-refractivity contribution in [2.24, 2.45) is 0 Å². The molecule has 0 radical (unpaired) electrons. The Hall–Kier alpha value is -1.06. The van der Waals surface area contributed by atoms with E-state index in [0.717, 1.165) is 25.7 Å². The molecule has 0 aliphatic carbocycles. The van der Waals surface area contributed by atoms with E-state index in [2.05, 4.69) is 13.8 Å². The minimum Gasteiger partial charge on any atom is -0.464 e. The molecule has 4 heteroatoms. The number of unbranched alkanes of at least 4 members (excludes halogenated alkanes) is 15. The molecule has 0 aromatic carbocycles. The predicted octanol–water partition coefficient (Wildman–Crippen LogP) is 7.05. The number of hydrogen-bond donors (Lipinski definition) is 0. The van der Waals surface area contributed by atoms with E-state index in [0.29, 0.717) is 13.0 Å². The van der Waals surface area contributed by atoms with Crippen LogP contribution in [0.2, 0.25) is 0 Å². The Morgan fingerprint density at radius 3 is 1.48 bits per heavy atom. The van der Waals surface area contributed by atoms with Crippen molar-refractivity contribution in [1.82, 2.24) is 4.90 Å². The molecule has 0 rings (SSSR count). The monoisotopic (exact) mass is 411 g/mol. The highest BCUT2D eigenvalue weighted by molar-refractivity contribution is 5.81. The summed E-state index contributed by atoms with van der Waals surface area (Å²) in [5.74, 6) is -0.265. The van der Waals surface area contributed by atoms with Gasteiger partial charge in [-0.3, -0.25) is 9.59 Å². The van der Waals surface area contributed by atoms with Crippen LogP contribution < -0.4 is 0 Å². The van der Waals surface area contributed by atoms with Gasteiger partial charge < -0.3 is 9.64 Å². The van der Waals surface area contributed by atoms with Gasteiger partial charge in [-0.15, -0.1) is 0 Å². The molecule has 0 aromatic rings. The minimum atomic E-state index is -0.289. The zero-order valence-electron chi connectivity index (χ0n) is 19.8. The summed E-state index contributed by atoms with van der Waals surface area (Å²) < 4.78 is 5.25. The molecule has 4 nitrogen and oxygen atoms in total. The van der Waals surface area contributed by atoms with Gasteiger partial charge in [0.05, 0.1) is 6.61 Å². The Bertz CT molecular complexity index is 384. The van der Waals surface area contributed by atoms with Crippen molar-refractivity contribution in [2.75, 3.05) is 20.2 Å². The maximum atomic E-state index is 11.8. The van der Waals surface area contributed by atoms with Crippen molar-refractivity contribution in [3.05, 3.63) is 0 Å². The van der Waals surface area contributed by atoms with Crippen molar-refractivity contribution >= 4 is 11.9 Å². The van der Waals surface area contributed by atoms with Crippen molar-refractivity contribution in [1.29, 1.82) is 0 Å². The molecule has 0 saturated carbocycles. The lowest BCUT2D eigenvalue weighted by molar-refractivity contribution is -0.148. The quantitative estimate of drug-likeness (QED) is 0.150. The zero-order valence-corrected chi connectivity index (χ0v) is 19.8. The number of nitrogens with zero attached hydrogens (tertiary/aromatic N) is 1. The van der Waals surface area contributed by atoms with E-state index in [4.69, 9.17) is 4.74 Å². The SMILES string of the molecule is CCCCCCCCCCCCCCCCCOC(=O)CN(C)C(=O)CCCC. The highest BCUT2D eigenvalue weighted by Gasteiger charge is 2.13. The van der Waals surface area contributed by atoms with E-state index in [9.17, 15) is 9.59 Å². The third-order valence-corrected chi connectivity index (χ3v) is 5.55. The molecular weight excluding hydrogens is 362 g/mol. The minimum absolute atomic E-state index is 0.0239. The Balaban J connectivity index is 3.30. The van der Waals surface area contributed by atoms with Gasteiger partial charge in [-0.05, 0) is 12.8 Å². The van der Waals surface area contributed by atoms with E-state index < -0.39 is 0 Å². The van der Waals surface area contributed by atoms with Crippen LogP contribution in [0, 0.1) is 0 Å². The molecule has 0 heterocycles. The number of hydrogen-bond acceptors (Lipinski definition) is 3. The lowest BCUT2D eigenvalue weighted by Gasteiger charge is -2.16. The first-order chi connectivity index (χ1) is 14.1. The smallest absolute Gasteiger partial charge is 0.325 e. The third kappa shape index (κ3) is 20.0. The van der Waals surface area contributed by atoms with Crippen LogP contribution in [0.25, 0.3) is 0 Å². The van der Waals surface area contributed by atoms with Gasteiger partial charge in [0.25, 0.3) is 0 Å². The molecule has 0 unspecified atom stereocenters. The van der Waals surface area contributed by atoms with E-state index in [1.165, 1.54) is 88.4 Å². The number of carbonyl (C=O) groups is 2. The van der Waals surface area contributed by atoms with E-state index in [1.807, 2.05) is 0 Å². The number of likely N-dealkylation sites (N-methyl/N-ethyl adjacent to an activating group) is 1. The van der Waals surface area contributed by atoms with Crippen LogP contribution in [0.3, 0.4) is 0 Å². The fourth-order valence-corrected chi connectivity index (χ4v) is 3.51. The normalized spacial score (nSPS) is 10.9. The molecule has 0 aromatic heterocycles. The van der Waals surface area contributed by atoms with Crippen LogP contribution in [0.4, 0.5) is 0 Å². The van der Waals surface area contributed by atoms with Crippen molar-refractivity contribution < 1.29 is 14.3 Å². The van der Waals surface area contributed by atoms with Gasteiger partial charge in [-0.25, -0.2) is 0 Å². The molecule has 0 fully saturated rings. The van der Waals surface area contributed by atoms with Crippen LogP contribution >= 0.6 is 0 Å². The van der Waals surface area contributed by atoms with Gasteiger partial charge in [0.15, 0.2) is 0 Å². The number of amides is 1. The van der Waals surface area contributed by atoms with Crippen molar-refractivity contribution in [3.63, 3.8) is 0 Å². The Kier molecular flexibility index (Phi) is 20.9. The lowest BCUT2D eigenvalue weighted by atomic mass is 10.0. The van der Waals surface area contributed by atoms with Crippen molar-refractivity contribution in [2.45, 2.75) is 129 Å². The van der Waals surface area contributed by atoms with Crippen LogP contribution in [0.1, 0.15) is 129 Å². The molecule has 1 amide bonds. The van der Waals surface area contributed by atoms with E-state index >= 15 is 0 Å². The third-order valence-electron chi connectivity index (χ3n) is 5.55. The number of esters is 1. The number of rotatable bonds is 21. The molecule has 29 heavy (non-hydrogen) atoms. The van der Waals surface area contributed by atoms with E-state index in [-0.39, 0.29) is 18.4 Å². The van der Waals surface area contributed by atoms with Gasteiger partial charge in [0.2, 0.25) is 5.91 Å². The van der Waals surface area contributed by atoms with E-state index in [1.54, 1.807) is 7.05 Å². The molecule has 172 valence electrons. The van der Waals surface area contributed by atoms with Gasteiger partial charge in [-0.2, -0.15) is 0 Å². The number of carbonyl (C=O) groups excluding carboxylic acids is 2. The molecule has 0 aliphatic rings. The summed E-state index contributed by atoms with van der Waals surface area (Å²) in [6.07, 6.45) is 22.3. The molecule has 0 aliphatic heterocycles. The van der Waals surface area contributed by atoms with Crippen LogP contribution in [-0.2, 0) is 14.3 Å². The molecule has 0 N–H and O–H groups in total. The highest BCUT2D eigenvalue weighted by atomic mass is 16.5. The summed E-state index contributed by atoms with van der Waals surface area (Å²) in [4.78, 5) is 25.0. The second-order valence-corrected chi connectivity index (χ2v) is 8.52. The van der Waals surface area contributed by atoms with Crippen LogP contribution in [0.5, 0.6) is 0 Å². The lowest BCUT2D eigenvalue weighted by Crippen LogP contribution is -2.32. The first kappa shape index (κ1) is 27.9. The summed E-state index contributed by atoms with van der Waals surface area (Å²) in [5.41, 5.74) is 0. The van der Waals surface area contributed by atoms with Gasteiger partial charge in [-0.1, -0.05) is 110 Å². The first-order valence-electron chi connectivity index (χ1n) is 12.5. The zero-order chi connectivity index (χ0) is 21.6. The average molecular weight is 412 g/mol. The van der Waals surface area contributed by atoms with Crippen LogP contribution in [0.15, 0.2) is 0 Å². The first-order valence-corrected chi connectivity index (χ1v) is 12.5. The largest absolute Gasteiger partial charge is 0.464 e. The average Bonchev–Trinajstić information content (AvgIpc) is 2.71. The van der Waals surface area contributed by atoms with Gasteiger partial charge in [0.1, 0.15) is 6.54 Å². The topological polar surface area (TPSA) is 46.6 Å². The Labute approximate surface area is 181 Å². The standard InChI is InChI=1S/C25H49NO3/c1-4-6-8-9-10-11-12-13-14-15-16-17-18-19-20-22-29-25(28)23-26(3)24(27)21-7-5-2/h4-23H2,1-3H3. The summed E-state index contributed by atoms with van der Waals surface area (Å²) >= 11 is 0. The molecule has 0 saturated heterocycles. The Morgan fingerprint density at radius 1 is 0.621 bits per heavy atom.